The molecule has 10 nitrogen and oxygen atoms in total. The number of nitrogens with zero attached hydrogens (tertiary/aromatic N) is 2. The topological polar surface area (TPSA) is 152 Å². The summed E-state index contributed by atoms with van der Waals surface area (Å²) in [5.41, 5.74) is 6.24. The summed E-state index contributed by atoms with van der Waals surface area (Å²) in [5, 5.41) is 11.2. The largest absolute Gasteiger partial charge is 0.443 e. The molecule has 39 heavy (non-hydrogen) atoms. The number of aromatic nitrogens is 3. The molecule has 0 unspecified atom stereocenters. The molecule has 1 fully saturated rings. The Morgan fingerprint density at radius 1 is 1.23 bits per heavy atom. The highest BCUT2D eigenvalue weighted by Crippen LogP contribution is 2.46. The molecular formula is C27H38N6O4S2. The summed E-state index contributed by atoms with van der Waals surface area (Å²) in [4.78, 5) is 17.2. The molecular weight excluding hydrogens is 536 g/mol. The van der Waals surface area contributed by atoms with Crippen molar-refractivity contribution in [3.63, 3.8) is 0 Å². The van der Waals surface area contributed by atoms with Crippen molar-refractivity contribution in [3.05, 3.63) is 41.2 Å². The average molecular weight is 575 g/mol. The summed E-state index contributed by atoms with van der Waals surface area (Å²) < 4.78 is 35.5. The Hall–Kier alpha value is -2.96. The molecule has 1 saturated carbocycles. The smallest absolute Gasteiger partial charge is 0.405 e. The van der Waals surface area contributed by atoms with Crippen LogP contribution in [0.5, 0.6) is 0 Å². The minimum absolute atomic E-state index is 0.151. The van der Waals surface area contributed by atoms with Crippen molar-refractivity contribution in [3.8, 4) is 10.4 Å². The van der Waals surface area contributed by atoms with E-state index in [2.05, 4.69) is 20.2 Å². The molecule has 2 heterocycles. The first-order chi connectivity index (χ1) is 18.2. The van der Waals surface area contributed by atoms with Crippen molar-refractivity contribution in [2.45, 2.75) is 89.2 Å². The maximum atomic E-state index is 13.6. The normalized spacial score (nSPS) is 20.2. The molecule has 3 aromatic rings. The standard InChI is InChI=1S/C27H38N6O4S2/c1-16(2)27(37-25(28)34)11-9-18(10-12-27)24-29-15-21(38-24)20-8-7-19(30-23-13-17(3)31-32-23)14-22(20)39(35,36)33-26(4,5)6/h7-8,13-16,18,33H,9-12H2,1-6H3,(H2,28,34)(H2,30,31,32). The molecule has 0 atom stereocenters. The van der Waals surface area contributed by atoms with Crippen LogP contribution in [-0.4, -0.2) is 40.8 Å². The Morgan fingerprint density at radius 3 is 2.49 bits per heavy atom. The summed E-state index contributed by atoms with van der Waals surface area (Å²) in [6.45, 7) is 11.4. The number of carbonyl (C=O) groups excluding carboxylic acids is 1. The third kappa shape index (κ3) is 6.79. The van der Waals surface area contributed by atoms with E-state index in [0.717, 1.165) is 28.4 Å². The second-order valence-electron chi connectivity index (χ2n) is 11.6. The Kier molecular flexibility index (Phi) is 8.11. The van der Waals surface area contributed by atoms with Gasteiger partial charge in [-0.25, -0.2) is 22.9 Å². The maximum absolute atomic E-state index is 13.6. The predicted molar refractivity (Wildman–Crippen MR) is 154 cm³/mol. The lowest BCUT2D eigenvalue weighted by atomic mass is 9.73. The predicted octanol–water partition coefficient (Wildman–Crippen LogP) is 5.81. The van der Waals surface area contributed by atoms with E-state index < -0.39 is 27.3 Å². The molecule has 2 aromatic heterocycles. The first kappa shape index (κ1) is 29.0. The van der Waals surface area contributed by atoms with Crippen LogP contribution in [0.3, 0.4) is 0 Å². The average Bonchev–Trinajstić information content (AvgIpc) is 3.47. The molecule has 1 amide bonds. The number of thiazole rings is 1. The van der Waals surface area contributed by atoms with Crippen molar-refractivity contribution in [1.82, 2.24) is 19.9 Å². The molecule has 5 N–H and O–H groups in total. The van der Waals surface area contributed by atoms with Crippen LogP contribution in [0.4, 0.5) is 16.3 Å². The Balaban J connectivity index is 1.64. The zero-order valence-electron chi connectivity index (χ0n) is 23.3. The van der Waals surface area contributed by atoms with Gasteiger partial charge in [-0.05, 0) is 71.4 Å². The number of aromatic amines is 1. The number of amides is 1. The Morgan fingerprint density at radius 2 is 1.92 bits per heavy atom. The number of nitrogens with one attached hydrogen (secondary N) is 3. The summed E-state index contributed by atoms with van der Waals surface area (Å²) in [5.74, 6) is 0.949. The third-order valence-corrected chi connectivity index (χ3v) is 10.0. The van der Waals surface area contributed by atoms with E-state index in [9.17, 15) is 13.2 Å². The van der Waals surface area contributed by atoms with Gasteiger partial charge in [0, 0.05) is 40.7 Å². The van der Waals surface area contributed by atoms with Crippen LogP contribution < -0.4 is 15.8 Å². The van der Waals surface area contributed by atoms with Crippen molar-refractivity contribution >= 4 is 39.0 Å². The van der Waals surface area contributed by atoms with Gasteiger partial charge < -0.3 is 15.8 Å². The molecule has 1 aromatic carbocycles. The lowest BCUT2D eigenvalue weighted by Crippen LogP contribution is -2.44. The van der Waals surface area contributed by atoms with Crippen LogP contribution >= 0.6 is 11.3 Å². The van der Waals surface area contributed by atoms with E-state index >= 15 is 0 Å². The molecule has 0 bridgehead atoms. The van der Waals surface area contributed by atoms with Gasteiger partial charge in [-0.2, -0.15) is 5.10 Å². The first-order valence-corrected chi connectivity index (χ1v) is 15.4. The molecule has 12 heteroatoms. The fourth-order valence-electron chi connectivity index (χ4n) is 5.07. The van der Waals surface area contributed by atoms with Gasteiger partial charge in [0.15, 0.2) is 5.82 Å². The number of primary amides is 1. The fraction of sp³-hybridized carbons (Fsp3) is 0.519. The highest BCUT2D eigenvalue weighted by molar-refractivity contribution is 7.89. The summed E-state index contributed by atoms with van der Waals surface area (Å²) in [6.07, 6.45) is 4.03. The fourth-order valence-corrected chi connectivity index (χ4v) is 7.92. The van der Waals surface area contributed by atoms with Crippen molar-refractivity contribution < 1.29 is 17.9 Å². The lowest BCUT2D eigenvalue weighted by molar-refractivity contribution is -0.0501. The molecule has 0 saturated heterocycles. The van der Waals surface area contributed by atoms with Gasteiger partial charge in [0.05, 0.1) is 14.8 Å². The van der Waals surface area contributed by atoms with Gasteiger partial charge in [0.2, 0.25) is 10.0 Å². The van der Waals surface area contributed by atoms with E-state index in [1.807, 2.05) is 59.7 Å². The Bertz CT molecular complexity index is 1430. The van der Waals surface area contributed by atoms with Gasteiger partial charge >= 0.3 is 6.09 Å². The van der Waals surface area contributed by atoms with Crippen LogP contribution in [0, 0.1) is 12.8 Å². The number of sulfonamides is 1. The zero-order valence-corrected chi connectivity index (χ0v) is 24.9. The highest BCUT2D eigenvalue weighted by Gasteiger charge is 2.42. The molecule has 0 aliphatic heterocycles. The quantitative estimate of drug-likeness (QED) is 0.265. The minimum atomic E-state index is -3.86. The van der Waals surface area contributed by atoms with E-state index in [-0.39, 0.29) is 16.7 Å². The number of carbonyl (C=O) groups is 1. The second-order valence-corrected chi connectivity index (χ2v) is 14.3. The van der Waals surface area contributed by atoms with Gasteiger partial charge in [-0.1, -0.05) is 19.9 Å². The number of H-pyrrole nitrogens is 1. The highest BCUT2D eigenvalue weighted by atomic mass is 32.2. The lowest BCUT2D eigenvalue weighted by Gasteiger charge is -2.41. The van der Waals surface area contributed by atoms with Crippen molar-refractivity contribution in [2.75, 3.05) is 5.32 Å². The van der Waals surface area contributed by atoms with Gasteiger partial charge in [-0.3, -0.25) is 5.10 Å². The summed E-state index contributed by atoms with van der Waals surface area (Å²) in [7, 11) is -3.86. The second kappa shape index (κ2) is 10.9. The Labute approximate surface area is 234 Å². The molecule has 0 spiro atoms. The van der Waals surface area contributed by atoms with E-state index in [0.29, 0.717) is 29.9 Å². The van der Waals surface area contributed by atoms with Gasteiger partial charge in [-0.15, -0.1) is 11.3 Å². The number of ether oxygens (including phenoxy) is 1. The molecule has 1 aliphatic rings. The van der Waals surface area contributed by atoms with Crippen LogP contribution in [0.15, 0.2) is 35.4 Å². The number of aryl methyl sites for hydroxylation is 1. The zero-order chi connectivity index (χ0) is 28.6. The number of nitrogens with two attached hydrogens (primary N) is 1. The van der Waals surface area contributed by atoms with Crippen molar-refractivity contribution in [1.29, 1.82) is 0 Å². The van der Waals surface area contributed by atoms with E-state index in [4.69, 9.17) is 15.5 Å². The number of hydrogen-bond acceptors (Lipinski definition) is 8. The molecule has 1 aliphatic carbocycles. The van der Waals surface area contributed by atoms with E-state index in [1.54, 1.807) is 12.3 Å². The number of anilines is 2. The monoisotopic (exact) mass is 574 g/mol. The van der Waals surface area contributed by atoms with Crippen molar-refractivity contribution in [2.24, 2.45) is 11.7 Å². The van der Waals surface area contributed by atoms with Crippen LogP contribution in [-0.2, 0) is 14.8 Å². The molecule has 4 rings (SSSR count). The number of rotatable bonds is 8. The van der Waals surface area contributed by atoms with Gasteiger partial charge in [0.25, 0.3) is 0 Å². The summed E-state index contributed by atoms with van der Waals surface area (Å²) >= 11 is 1.50. The molecule has 212 valence electrons. The number of hydrogen-bond donors (Lipinski definition) is 4. The molecule has 0 radical (unpaired) electrons. The van der Waals surface area contributed by atoms with Crippen LogP contribution in [0.2, 0.25) is 0 Å². The van der Waals surface area contributed by atoms with Crippen LogP contribution in [0.25, 0.3) is 10.4 Å². The first-order valence-electron chi connectivity index (χ1n) is 13.1. The number of benzene rings is 1. The third-order valence-electron chi connectivity index (χ3n) is 7.02. The maximum Gasteiger partial charge on any atom is 0.405 e. The van der Waals surface area contributed by atoms with Crippen LogP contribution in [0.1, 0.15) is 76.9 Å². The SMILES string of the molecule is Cc1cc(Nc2ccc(-c3cnc(C4CCC(OC(N)=O)(C(C)C)CC4)s3)c(S(=O)(=O)NC(C)(C)C)c2)n[nH]1. The van der Waals surface area contributed by atoms with Gasteiger partial charge in [0.1, 0.15) is 5.60 Å². The summed E-state index contributed by atoms with van der Waals surface area (Å²) in [6, 6.07) is 7.12. The minimum Gasteiger partial charge on any atom is -0.443 e. The van der Waals surface area contributed by atoms with E-state index in [1.165, 1.54) is 11.3 Å².